The average Bonchev–Trinajstić information content (AvgIpc) is 3.01. The molecule has 2 rings (SSSR count). The number of amides is 2. The van der Waals surface area contributed by atoms with Crippen LogP contribution in [0.1, 0.15) is 18.4 Å². The quantitative estimate of drug-likeness (QED) is 0.687. The summed E-state index contributed by atoms with van der Waals surface area (Å²) in [6.45, 7) is 2.29. The number of hydrogen-bond donors (Lipinski definition) is 1. The summed E-state index contributed by atoms with van der Waals surface area (Å²) in [5.74, 6) is 0.913. The van der Waals surface area contributed by atoms with Crippen molar-refractivity contribution >= 4 is 17.7 Å². The zero-order chi connectivity index (χ0) is 16.8. The molecule has 6 heteroatoms. The average molecular weight is 317 g/mol. The van der Waals surface area contributed by atoms with Crippen LogP contribution in [-0.4, -0.2) is 68.0 Å². The lowest BCUT2D eigenvalue weighted by Crippen LogP contribution is -2.35. The van der Waals surface area contributed by atoms with Crippen molar-refractivity contribution in [3.8, 4) is 0 Å². The van der Waals surface area contributed by atoms with Crippen molar-refractivity contribution < 1.29 is 4.79 Å². The van der Waals surface area contributed by atoms with Gasteiger partial charge in [-0.3, -0.25) is 0 Å². The zero-order valence-corrected chi connectivity index (χ0v) is 14.5. The smallest absolute Gasteiger partial charge is 0.321 e. The third-order valence-corrected chi connectivity index (χ3v) is 3.77. The van der Waals surface area contributed by atoms with Crippen LogP contribution < -0.4 is 5.32 Å². The maximum absolute atomic E-state index is 12.1. The fraction of sp³-hybridized carbons (Fsp3) is 0.529. The molecule has 1 heterocycles. The largest absolute Gasteiger partial charge is 0.349 e. The maximum Gasteiger partial charge on any atom is 0.321 e. The van der Waals surface area contributed by atoms with Crippen LogP contribution in [0.3, 0.4) is 0 Å². The van der Waals surface area contributed by atoms with Gasteiger partial charge in [-0.05, 0) is 30.5 Å². The number of nitrogens with zero attached hydrogens (tertiary/aromatic N) is 4. The second-order valence-corrected chi connectivity index (χ2v) is 6.23. The van der Waals surface area contributed by atoms with E-state index >= 15 is 0 Å². The molecule has 1 saturated heterocycles. The van der Waals surface area contributed by atoms with E-state index in [0.717, 1.165) is 43.1 Å². The van der Waals surface area contributed by atoms with Crippen molar-refractivity contribution in [2.24, 2.45) is 4.99 Å². The number of hydrogen-bond acceptors (Lipinski definition) is 2. The lowest BCUT2D eigenvalue weighted by Gasteiger charge is -2.22. The highest BCUT2D eigenvalue weighted by Gasteiger charge is 2.17. The minimum Gasteiger partial charge on any atom is -0.349 e. The van der Waals surface area contributed by atoms with E-state index < -0.39 is 0 Å². The monoisotopic (exact) mass is 317 g/mol. The predicted molar refractivity (Wildman–Crippen MR) is 94.8 cm³/mol. The molecule has 2 amide bonds. The minimum atomic E-state index is -0.00887. The Kier molecular flexibility index (Phi) is 5.84. The van der Waals surface area contributed by atoms with Crippen LogP contribution in [0.2, 0.25) is 0 Å². The summed E-state index contributed by atoms with van der Waals surface area (Å²) in [4.78, 5) is 22.6. The zero-order valence-electron chi connectivity index (χ0n) is 14.5. The van der Waals surface area contributed by atoms with Gasteiger partial charge in [0.2, 0.25) is 0 Å². The first-order valence-electron chi connectivity index (χ1n) is 8.01. The molecule has 126 valence electrons. The molecule has 1 N–H and O–H groups in total. The molecular weight excluding hydrogens is 290 g/mol. The molecule has 0 aliphatic carbocycles. The number of carbonyl (C=O) groups excluding carboxylic acids is 1. The number of urea groups is 1. The second kappa shape index (κ2) is 7.85. The van der Waals surface area contributed by atoms with Gasteiger partial charge >= 0.3 is 6.03 Å². The summed E-state index contributed by atoms with van der Waals surface area (Å²) < 4.78 is 0. The van der Waals surface area contributed by atoms with Gasteiger partial charge in [-0.15, -0.1) is 0 Å². The van der Waals surface area contributed by atoms with Gasteiger partial charge in [-0.2, -0.15) is 0 Å². The van der Waals surface area contributed by atoms with Crippen LogP contribution in [-0.2, 0) is 6.54 Å². The third-order valence-electron chi connectivity index (χ3n) is 3.77. The Hall–Kier alpha value is -2.24. The van der Waals surface area contributed by atoms with E-state index in [-0.39, 0.29) is 6.03 Å². The van der Waals surface area contributed by atoms with E-state index in [0.29, 0.717) is 6.54 Å². The molecule has 0 spiro atoms. The van der Waals surface area contributed by atoms with Crippen LogP contribution in [0.4, 0.5) is 10.5 Å². The van der Waals surface area contributed by atoms with Crippen LogP contribution in [0.5, 0.6) is 0 Å². The van der Waals surface area contributed by atoms with Crippen molar-refractivity contribution in [1.82, 2.24) is 14.7 Å². The van der Waals surface area contributed by atoms with Gasteiger partial charge in [0, 0.05) is 47.0 Å². The summed E-state index contributed by atoms with van der Waals surface area (Å²) in [5.41, 5.74) is 1.90. The minimum absolute atomic E-state index is 0.00887. The van der Waals surface area contributed by atoms with Crippen LogP contribution in [0.25, 0.3) is 0 Å². The lowest BCUT2D eigenvalue weighted by atomic mass is 10.2. The first-order valence-corrected chi connectivity index (χ1v) is 8.01. The molecule has 0 bridgehead atoms. The van der Waals surface area contributed by atoms with Crippen molar-refractivity contribution in [2.75, 3.05) is 46.6 Å². The molecule has 1 aliphatic heterocycles. The molecule has 0 aromatic heterocycles. The number of carbonyl (C=O) groups is 1. The highest BCUT2D eigenvalue weighted by atomic mass is 16.2. The van der Waals surface area contributed by atoms with E-state index in [9.17, 15) is 4.79 Å². The summed E-state index contributed by atoms with van der Waals surface area (Å²) in [6, 6.07) is 7.87. The number of benzene rings is 1. The highest BCUT2D eigenvalue weighted by Crippen LogP contribution is 2.15. The SMILES string of the molecule is CN(C)C(=NCc1cccc(NC(=O)N2CCCC2)c1)N(C)C. The number of rotatable bonds is 3. The topological polar surface area (TPSA) is 51.2 Å². The molecule has 1 fully saturated rings. The summed E-state index contributed by atoms with van der Waals surface area (Å²) in [6.07, 6.45) is 2.19. The van der Waals surface area contributed by atoms with Crippen LogP contribution >= 0.6 is 0 Å². The Bertz CT molecular complexity index is 552. The Morgan fingerprint density at radius 3 is 2.43 bits per heavy atom. The van der Waals surface area contributed by atoms with Crippen LogP contribution in [0, 0.1) is 0 Å². The lowest BCUT2D eigenvalue weighted by molar-refractivity contribution is 0.222. The van der Waals surface area contributed by atoms with Crippen molar-refractivity contribution in [1.29, 1.82) is 0 Å². The molecule has 0 radical (unpaired) electrons. The third kappa shape index (κ3) is 4.87. The van der Waals surface area contributed by atoms with Gasteiger partial charge < -0.3 is 20.0 Å². The molecule has 0 saturated carbocycles. The van der Waals surface area contributed by atoms with E-state index in [1.165, 1.54) is 0 Å². The van der Waals surface area contributed by atoms with Gasteiger partial charge in [0.05, 0.1) is 6.54 Å². The fourth-order valence-electron chi connectivity index (χ4n) is 2.72. The van der Waals surface area contributed by atoms with Crippen molar-refractivity contribution in [3.63, 3.8) is 0 Å². The normalized spacial score (nSPS) is 13.7. The van der Waals surface area contributed by atoms with E-state index in [4.69, 9.17) is 0 Å². The van der Waals surface area contributed by atoms with Crippen LogP contribution in [0.15, 0.2) is 29.3 Å². The Morgan fingerprint density at radius 1 is 1.17 bits per heavy atom. The van der Waals surface area contributed by atoms with Gasteiger partial charge in [0.25, 0.3) is 0 Å². The summed E-state index contributed by atoms with van der Waals surface area (Å²) >= 11 is 0. The second-order valence-electron chi connectivity index (χ2n) is 6.23. The first-order chi connectivity index (χ1) is 11.0. The maximum atomic E-state index is 12.1. The summed E-state index contributed by atoms with van der Waals surface area (Å²) in [5, 5.41) is 2.98. The number of nitrogens with one attached hydrogen (secondary N) is 1. The highest BCUT2D eigenvalue weighted by molar-refractivity contribution is 5.89. The van der Waals surface area contributed by atoms with Crippen molar-refractivity contribution in [2.45, 2.75) is 19.4 Å². The Labute approximate surface area is 138 Å². The number of aliphatic imine (C=N–C) groups is 1. The molecule has 1 aliphatic rings. The number of anilines is 1. The van der Waals surface area contributed by atoms with E-state index in [1.807, 2.05) is 67.2 Å². The first kappa shape index (κ1) is 17.1. The predicted octanol–water partition coefficient (Wildman–Crippen LogP) is 2.29. The molecule has 1 aromatic carbocycles. The van der Waals surface area contributed by atoms with Gasteiger partial charge in [0.15, 0.2) is 5.96 Å². The molecule has 0 atom stereocenters. The Balaban J connectivity index is 2.01. The molecular formula is C17H27N5O. The van der Waals surface area contributed by atoms with Crippen molar-refractivity contribution in [3.05, 3.63) is 29.8 Å². The summed E-state index contributed by atoms with van der Waals surface area (Å²) in [7, 11) is 7.91. The van der Waals surface area contributed by atoms with E-state index in [1.54, 1.807) is 0 Å². The number of likely N-dealkylation sites (tertiary alicyclic amines) is 1. The molecule has 23 heavy (non-hydrogen) atoms. The molecule has 0 unspecified atom stereocenters. The fourth-order valence-corrected chi connectivity index (χ4v) is 2.72. The standard InChI is InChI=1S/C17H27N5O/c1-20(2)16(21(3)4)18-13-14-8-7-9-15(12-14)19-17(23)22-10-5-6-11-22/h7-9,12H,5-6,10-11,13H2,1-4H3,(H,19,23). The molecule has 1 aromatic rings. The molecule has 6 nitrogen and oxygen atoms in total. The van der Waals surface area contributed by atoms with Gasteiger partial charge in [0.1, 0.15) is 0 Å². The van der Waals surface area contributed by atoms with Gasteiger partial charge in [-0.1, -0.05) is 12.1 Å². The van der Waals surface area contributed by atoms with Gasteiger partial charge in [-0.25, -0.2) is 9.79 Å². The number of guanidine groups is 1. The Morgan fingerprint density at radius 2 is 1.83 bits per heavy atom. The van der Waals surface area contributed by atoms with E-state index in [2.05, 4.69) is 10.3 Å².